The van der Waals surface area contributed by atoms with Gasteiger partial charge in [-0.15, -0.1) is 0 Å². The number of carbonyl (C=O) groups excluding carboxylic acids is 4. The highest BCUT2D eigenvalue weighted by Crippen LogP contribution is 2.69. The van der Waals surface area contributed by atoms with Crippen LogP contribution in [-0.2, 0) is 38.1 Å². The van der Waals surface area contributed by atoms with Gasteiger partial charge in [0, 0.05) is 32.5 Å². The SMILES string of the molecule is COC(=O)CC[C@@H](C)[C@H]1CC[C@H]2[C@@H]3[C@H](OC(=O)CN=[N+]=[N-])C[C@@H]4C[C@H](OC(=O)CN=[N+]=[N-])CC[C@]4(C)[C@H]3C[C@H](OC(=O)CN=[N+]=[N-])[C@]12C. The average Bonchev–Trinajstić information content (AvgIpc) is 3.43. The highest BCUT2D eigenvalue weighted by atomic mass is 16.6. The largest absolute Gasteiger partial charge is 0.469 e. The second-order valence-corrected chi connectivity index (χ2v) is 14.2. The molecule has 0 N–H and O–H groups in total. The van der Waals surface area contributed by atoms with Crippen LogP contribution in [0.1, 0.15) is 78.6 Å². The van der Waals surface area contributed by atoms with E-state index in [1.54, 1.807) is 0 Å². The number of carbonyl (C=O) groups is 4. The van der Waals surface area contributed by atoms with Crippen molar-refractivity contribution in [3.63, 3.8) is 0 Å². The number of methoxy groups -OCH3 is 1. The normalized spacial score (nSPS) is 35.3. The molecule has 0 bridgehead atoms. The summed E-state index contributed by atoms with van der Waals surface area (Å²) >= 11 is 0. The molecule has 0 aromatic carbocycles. The lowest BCUT2D eigenvalue weighted by atomic mass is 9.43. The average molecular weight is 672 g/mol. The van der Waals surface area contributed by atoms with Gasteiger partial charge in [-0.25, -0.2) is 0 Å². The molecule has 0 saturated heterocycles. The third-order valence-corrected chi connectivity index (χ3v) is 12.1. The lowest BCUT2D eigenvalue weighted by molar-refractivity contribution is -0.225. The molecule has 0 spiro atoms. The van der Waals surface area contributed by atoms with Crippen LogP contribution in [0.15, 0.2) is 15.3 Å². The van der Waals surface area contributed by atoms with Crippen molar-refractivity contribution in [3.8, 4) is 0 Å². The van der Waals surface area contributed by atoms with Gasteiger partial charge in [-0.3, -0.25) is 19.2 Å². The van der Waals surface area contributed by atoms with E-state index in [2.05, 4.69) is 50.8 Å². The van der Waals surface area contributed by atoms with Crippen molar-refractivity contribution in [2.75, 3.05) is 26.7 Å². The van der Waals surface area contributed by atoms with Crippen molar-refractivity contribution in [3.05, 3.63) is 31.3 Å². The molecule has 0 amide bonds. The van der Waals surface area contributed by atoms with Crippen LogP contribution >= 0.6 is 0 Å². The van der Waals surface area contributed by atoms with Crippen LogP contribution in [0.2, 0.25) is 0 Å². The lowest BCUT2D eigenvalue weighted by Crippen LogP contribution is -2.63. The van der Waals surface area contributed by atoms with Crippen LogP contribution in [0.3, 0.4) is 0 Å². The minimum absolute atomic E-state index is 0.0199. The fourth-order valence-corrected chi connectivity index (χ4v) is 10.0. The monoisotopic (exact) mass is 671 g/mol. The Hall–Kier alpha value is -4.19. The molecule has 4 aliphatic rings. The van der Waals surface area contributed by atoms with Gasteiger partial charge in [0.1, 0.15) is 37.9 Å². The van der Waals surface area contributed by atoms with Gasteiger partial charge in [0.25, 0.3) is 0 Å². The number of hydrogen-bond acceptors (Lipinski definition) is 11. The highest BCUT2D eigenvalue weighted by Gasteiger charge is 2.67. The molecule has 0 aromatic rings. The molecule has 0 aliphatic heterocycles. The molecule has 0 heterocycles. The van der Waals surface area contributed by atoms with Crippen LogP contribution in [-0.4, -0.2) is 68.9 Å². The Balaban J connectivity index is 1.72. The summed E-state index contributed by atoms with van der Waals surface area (Å²) < 4.78 is 22.9. The molecular formula is C31H45N9O8. The van der Waals surface area contributed by atoms with Crippen molar-refractivity contribution in [2.24, 2.45) is 61.7 Å². The van der Waals surface area contributed by atoms with Crippen molar-refractivity contribution in [2.45, 2.75) is 96.9 Å². The standard InChI is InChI=1S/C31H45N9O8/c1-17(5-8-25(41)45-4)20-6-7-21-29-22(13-24(31(20,21)3)48-28(44)16-37-40-34)30(2)10-9-19(46-26(42)14-35-38-32)11-18(30)12-23(29)47-27(43)15-36-39-33/h17-24,29H,5-16H2,1-4H3/t17-,18+,19-,20-,21+,22+,23-,24+,29+,30+,31-/m1/s1. The van der Waals surface area contributed by atoms with Crippen molar-refractivity contribution < 1.29 is 38.1 Å². The van der Waals surface area contributed by atoms with Crippen LogP contribution in [0.5, 0.6) is 0 Å². The molecule has 0 radical (unpaired) electrons. The van der Waals surface area contributed by atoms with E-state index in [0.29, 0.717) is 38.5 Å². The molecule has 4 fully saturated rings. The minimum Gasteiger partial charge on any atom is -0.469 e. The Morgan fingerprint density at radius 2 is 1.40 bits per heavy atom. The molecule has 17 heteroatoms. The van der Waals surface area contributed by atoms with Crippen molar-refractivity contribution in [1.29, 1.82) is 0 Å². The summed E-state index contributed by atoms with van der Waals surface area (Å²) in [5.41, 5.74) is 25.4. The first-order valence-electron chi connectivity index (χ1n) is 16.6. The Labute approximate surface area is 278 Å². The number of azide groups is 3. The predicted molar refractivity (Wildman–Crippen MR) is 168 cm³/mol. The van der Waals surface area contributed by atoms with E-state index in [4.69, 9.17) is 35.5 Å². The van der Waals surface area contributed by atoms with Gasteiger partial charge in [0.2, 0.25) is 0 Å². The highest BCUT2D eigenvalue weighted by molar-refractivity contribution is 5.73. The van der Waals surface area contributed by atoms with E-state index < -0.39 is 61.3 Å². The maximum absolute atomic E-state index is 13.0. The van der Waals surface area contributed by atoms with Crippen LogP contribution in [0.25, 0.3) is 31.3 Å². The molecule has 4 aliphatic carbocycles. The Morgan fingerprint density at radius 1 is 0.792 bits per heavy atom. The van der Waals surface area contributed by atoms with Gasteiger partial charge in [0.05, 0.1) is 7.11 Å². The number of rotatable bonds is 13. The maximum Gasteiger partial charge on any atom is 0.312 e. The van der Waals surface area contributed by atoms with Crippen LogP contribution in [0, 0.1) is 46.3 Å². The van der Waals surface area contributed by atoms with Gasteiger partial charge in [-0.2, -0.15) is 0 Å². The van der Waals surface area contributed by atoms with Crippen LogP contribution < -0.4 is 0 Å². The molecule has 262 valence electrons. The van der Waals surface area contributed by atoms with Crippen LogP contribution in [0.4, 0.5) is 0 Å². The number of nitrogens with zero attached hydrogens (tertiary/aromatic N) is 9. The van der Waals surface area contributed by atoms with Crippen molar-refractivity contribution >= 4 is 23.9 Å². The summed E-state index contributed by atoms with van der Waals surface area (Å²) in [5.74, 6) is -2.17. The first-order valence-corrected chi connectivity index (χ1v) is 16.6. The summed E-state index contributed by atoms with van der Waals surface area (Å²) in [5, 5.41) is 10.2. The third-order valence-electron chi connectivity index (χ3n) is 12.1. The second kappa shape index (κ2) is 15.8. The predicted octanol–water partition coefficient (Wildman–Crippen LogP) is 6.12. The first-order chi connectivity index (χ1) is 22.9. The topological polar surface area (TPSA) is 251 Å². The Bertz CT molecular complexity index is 1390. The smallest absolute Gasteiger partial charge is 0.312 e. The van der Waals surface area contributed by atoms with Gasteiger partial charge in [-0.05, 0) is 103 Å². The number of hydrogen-bond donors (Lipinski definition) is 0. The van der Waals surface area contributed by atoms with E-state index >= 15 is 0 Å². The zero-order valence-electron chi connectivity index (χ0n) is 28.0. The zero-order chi connectivity index (χ0) is 35.1. The fourth-order valence-electron chi connectivity index (χ4n) is 10.0. The summed E-state index contributed by atoms with van der Waals surface area (Å²) in [4.78, 5) is 58.5. The van der Waals surface area contributed by atoms with E-state index in [1.165, 1.54) is 7.11 Å². The van der Waals surface area contributed by atoms with Gasteiger partial charge in [0.15, 0.2) is 0 Å². The quantitative estimate of drug-likeness (QED) is 0.0722. The minimum atomic E-state index is -0.626. The third kappa shape index (κ3) is 7.59. The Kier molecular flexibility index (Phi) is 12.1. The van der Waals surface area contributed by atoms with E-state index in [9.17, 15) is 19.2 Å². The molecule has 4 saturated carbocycles. The molecule has 0 unspecified atom stereocenters. The van der Waals surface area contributed by atoms with E-state index in [-0.39, 0.29) is 53.3 Å². The molecule has 17 nitrogen and oxygen atoms in total. The first kappa shape index (κ1) is 36.6. The molecule has 48 heavy (non-hydrogen) atoms. The van der Waals surface area contributed by atoms with Crippen molar-refractivity contribution in [1.82, 2.24) is 0 Å². The van der Waals surface area contributed by atoms with E-state index in [0.717, 1.165) is 12.8 Å². The number of fused-ring (bicyclic) bond motifs is 5. The molecule has 4 rings (SSSR count). The summed E-state index contributed by atoms with van der Waals surface area (Å²) in [7, 11) is 1.36. The number of ether oxygens (including phenoxy) is 4. The second-order valence-electron chi connectivity index (χ2n) is 14.2. The summed E-state index contributed by atoms with van der Waals surface area (Å²) in [6.07, 6.45) is 3.82. The Morgan fingerprint density at radius 3 is 2.00 bits per heavy atom. The van der Waals surface area contributed by atoms with E-state index in [1.807, 2.05) is 0 Å². The van der Waals surface area contributed by atoms with Gasteiger partial charge >= 0.3 is 23.9 Å². The summed E-state index contributed by atoms with van der Waals surface area (Å²) in [6.45, 7) is 5.18. The molecule has 0 aromatic heterocycles. The molecule has 11 atom stereocenters. The van der Waals surface area contributed by atoms with Gasteiger partial charge in [-0.1, -0.05) is 36.1 Å². The zero-order valence-corrected chi connectivity index (χ0v) is 28.0. The fraction of sp³-hybridized carbons (Fsp3) is 0.871. The summed E-state index contributed by atoms with van der Waals surface area (Å²) in [6, 6.07) is 0. The molecular weight excluding hydrogens is 626 g/mol. The number of esters is 4. The maximum atomic E-state index is 13.0. The van der Waals surface area contributed by atoms with Gasteiger partial charge < -0.3 is 18.9 Å². The lowest BCUT2D eigenvalue weighted by Gasteiger charge is -2.64.